The number of hydrogen-bond donors (Lipinski definition) is 1. The second kappa shape index (κ2) is 3.58. The molecule has 1 aromatic heterocycles. The molecule has 0 saturated heterocycles. The van der Waals surface area contributed by atoms with E-state index in [2.05, 4.69) is 35.3 Å². The highest BCUT2D eigenvalue weighted by Crippen LogP contribution is 2.28. The van der Waals surface area contributed by atoms with E-state index in [4.69, 9.17) is 0 Å². The van der Waals surface area contributed by atoms with Crippen molar-refractivity contribution in [1.82, 2.24) is 4.98 Å². The molecule has 15 heavy (non-hydrogen) atoms. The molecule has 1 aliphatic carbocycles. The summed E-state index contributed by atoms with van der Waals surface area (Å²) in [6, 6.07) is 8.85. The van der Waals surface area contributed by atoms with Gasteiger partial charge in [0.05, 0.1) is 0 Å². The van der Waals surface area contributed by atoms with Crippen LogP contribution in [0.4, 0.5) is 0 Å². The molecule has 0 bridgehead atoms. The predicted octanol–water partition coefficient (Wildman–Crippen LogP) is 4.13. The van der Waals surface area contributed by atoms with Crippen molar-refractivity contribution in [2.75, 3.05) is 0 Å². The lowest BCUT2D eigenvalue weighted by Gasteiger charge is -2.12. The number of rotatable bonds is 1. The number of H-pyrrole nitrogens is 1. The molecule has 0 saturated carbocycles. The van der Waals surface area contributed by atoms with Gasteiger partial charge in [-0.15, -0.1) is 0 Å². The van der Waals surface area contributed by atoms with Crippen molar-refractivity contribution < 1.29 is 0 Å². The summed E-state index contributed by atoms with van der Waals surface area (Å²) in [6.45, 7) is 0. The molecule has 76 valence electrons. The van der Waals surface area contributed by atoms with Gasteiger partial charge in [-0.1, -0.05) is 12.1 Å². The van der Waals surface area contributed by atoms with Gasteiger partial charge in [0, 0.05) is 11.7 Å². The maximum absolute atomic E-state index is 3.23. The molecule has 1 heteroatoms. The summed E-state index contributed by atoms with van der Waals surface area (Å²) in [7, 11) is 0. The summed E-state index contributed by atoms with van der Waals surface area (Å²) in [5, 5.41) is 1.32. The molecule has 0 spiro atoms. The van der Waals surface area contributed by atoms with Crippen LogP contribution in [0.1, 0.15) is 31.2 Å². The number of hydrogen-bond acceptors (Lipinski definition) is 0. The van der Waals surface area contributed by atoms with Gasteiger partial charge in [0.1, 0.15) is 0 Å². The third kappa shape index (κ3) is 1.58. The lowest BCUT2D eigenvalue weighted by atomic mass is 9.93. The minimum absolute atomic E-state index is 1.23. The van der Waals surface area contributed by atoms with E-state index in [1.165, 1.54) is 47.7 Å². The third-order valence-corrected chi connectivity index (χ3v) is 3.22. The number of aromatic nitrogens is 1. The van der Waals surface area contributed by atoms with Crippen molar-refractivity contribution in [3.63, 3.8) is 0 Å². The molecule has 2 aromatic rings. The fourth-order valence-corrected chi connectivity index (χ4v) is 2.35. The van der Waals surface area contributed by atoms with E-state index < -0.39 is 0 Å². The van der Waals surface area contributed by atoms with E-state index >= 15 is 0 Å². The average Bonchev–Trinajstić information content (AvgIpc) is 2.77. The van der Waals surface area contributed by atoms with Gasteiger partial charge in [0.15, 0.2) is 0 Å². The van der Waals surface area contributed by atoms with Crippen molar-refractivity contribution in [3.8, 4) is 0 Å². The van der Waals surface area contributed by atoms with E-state index in [0.717, 1.165) is 0 Å². The largest absolute Gasteiger partial charge is 0.361 e. The molecule has 1 aliphatic rings. The maximum atomic E-state index is 3.23. The Balaban J connectivity index is 2.06. The molecule has 1 nitrogen and oxygen atoms in total. The fraction of sp³-hybridized carbons (Fsp3) is 0.286. The highest BCUT2D eigenvalue weighted by atomic mass is 14.7. The Labute approximate surface area is 89.8 Å². The summed E-state index contributed by atoms with van der Waals surface area (Å²) < 4.78 is 0. The van der Waals surface area contributed by atoms with Gasteiger partial charge >= 0.3 is 0 Å². The third-order valence-electron chi connectivity index (χ3n) is 3.22. The van der Waals surface area contributed by atoms with Crippen LogP contribution in [0.5, 0.6) is 0 Å². The minimum atomic E-state index is 1.23. The summed E-state index contributed by atoms with van der Waals surface area (Å²) in [4.78, 5) is 3.23. The first kappa shape index (κ1) is 8.78. The zero-order chi connectivity index (χ0) is 10.1. The van der Waals surface area contributed by atoms with Crippen LogP contribution in [0.25, 0.3) is 16.5 Å². The van der Waals surface area contributed by atoms with Crippen molar-refractivity contribution in [2.24, 2.45) is 0 Å². The highest BCUT2D eigenvalue weighted by molar-refractivity contribution is 5.84. The van der Waals surface area contributed by atoms with Gasteiger partial charge < -0.3 is 4.98 Å². The molecule has 0 fully saturated rings. The molecule has 0 unspecified atom stereocenters. The van der Waals surface area contributed by atoms with Gasteiger partial charge in [-0.05, 0) is 60.4 Å². The number of allylic oxidation sites excluding steroid dienone is 2. The summed E-state index contributed by atoms with van der Waals surface area (Å²) in [5.74, 6) is 0. The van der Waals surface area contributed by atoms with Crippen LogP contribution >= 0.6 is 0 Å². The van der Waals surface area contributed by atoms with Crippen LogP contribution in [0, 0.1) is 0 Å². The van der Waals surface area contributed by atoms with Crippen LogP contribution in [-0.2, 0) is 0 Å². The van der Waals surface area contributed by atoms with E-state index in [-0.39, 0.29) is 0 Å². The Hall–Kier alpha value is -1.50. The lowest BCUT2D eigenvalue weighted by Crippen LogP contribution is -1.91. The van der Waals surface area contributed by atoms with E-state index in [9.17, 15) is 0 Å². The highest BCUT2D eigenvalue weighted by Gasteiger charge is 2.06. The Morgan fingerprint density at radius 3 is 2.93 bits per heavy atom. The Morgan fingerprint density at radius 2 is 2.07 bits per heavy atom. The molecule has 1 N–H and O–H groups in total. The summed E-state index contributed by atoms with van der Waals surface area (Å²) >= 11 is 0. The second-order valence-corrected chi connectivity index (χ2v) is 4.25. The molecule has 1 aromatic carbocycles. The topological polar surface area (TPSA) is 15.8 Å². The molecule has 0 aliphatic heterocycles. The van der Waals surface area contributed by atoms with Crippen LogP contribution in [0.15, 0.2) is 36.5 Å². The number of aromatic amines is 1. The summed E-state index contributed by atoms with van der Waals surface area (Å²) in [6.07, 6.45) is 9.60. The average molecular weight is 197 g/mol. The van der Waals surface area contributed by atoms with Crippen molar-refractivity contribution in [2.45, 2.75) is 25.7 Å². The van der Waals surface area contributed by atoms with E-state index in [1.54, 1.807) is 0 Å². The Morgan fingerprint density at radius 1 is 1.07 bits per heavy atom. The van der Waals surface area contributed by atoms with Gasteiger partial charge in [0.2, 0.25) is 0 Å². The van der Waals surface area contributed by atoms with Crippen LogP contribution in [-0.4, -0.2) is 4.98 Å². The Kier molecular flexibility index (Phi) is 2.09. The summed E-state index contributed by atoms with van der Waals surface area (Å²) in [5.41, 5.74) is 4.17. The predicted molar refractivity (Wildman–Crippen MR) is 64.7 cm³/mol. The molecule has 0 radical (unpaired) electrons. The van der Waals surface area contributed by atoms with Crippen molar-refractivity contribution >= 4 is 16.5 Å². The first-order valence-corrected chi connectivity index (χ1v) is 5.70. The van der Waals surface area contributed by atoms with Gasteiger partial charge in [-0.25, -0.2) is 0 Å². The van der Waals surface area contributed by atoms with Crippen LogP contribution in [0.3, 0.4) is 0 Å². The van der Waals surface area contributed by atoms with E-state index in [0.29, 0.717) is 0 Å². The van der Waals surface area contributed by atoms with Crippen LogP contribution < -0.4 is 0 Å². The smallest absolute Gasteiger partial charge is 0.0454 e. The van der Waals surface area contributed by atoms with Gasteiger partial charge in [0.25, 0.3) is 0 Å². The zero-order valence-corrected chi connectivity index (χ0v) is 8.79. The Bertz CT molecular complexity index is 505. The minimum Gasteiger partial charge on any atom is -0.361 e. The monoisotopic (exact) mass is 197 g/mol. The number of fused-ring (bicyclic) bond motifs is 1. The molecule has 1 heterocycles. The standard InChI is InChI=1S/C14H15N/c1-2-4-11(5-3-1)12-6-7-14-13(10-12)8-9-15-14/h4,6-10,15H,1-3,5H2. The normalized spacial score (nSPS) is 16.7. The maximum Gasteiger partial charge on any atom is 0.0454 e. The molecule has 3 rings (SSSR count). The SMILES string of the molecule is C1=C(c2ccc3[nH]ccc3c2)CCCC1. The lowest BCUT2D eigenvalue weighted by molar-refractivity contribution is 0.742. The van der Waals surface area contributed by atoms with Gasteiger partial charge in [-0.3, -0.25) is 0 Å². The molecular formula is C14H15N. The van der Waals surface area contributed by atoms with Crippen molar-refractivity contribution in [3.05, 3.63) is 42.1 Å². The van der Waals surface area contributed by atoms with Crippen molar-refractivity contribution in [1.29, 1.82) is 0 Å². The first-order chi connectivity index (χ1) is 7.43. The first-order valence-electron chi connectivity index (χ1n) is 5.70. The second-order valence-electron chi connectivity index (χ2n) is 4.25. The fourth-order valence-electron chi connectivity index (χ4n) is 2.35. The van der Waals surface area contributed by atoms with Gasteiger partial charge in [-0.2, -0.15) is 0 Å². The molecule has 0 atom stereocenters. The van der Waals surface area contributed by atoms with E-state index in [1.807, 2.05) is 6.20 Å². The number of nitrogens with one attached hydrogen (secondary N) is 1. The van der Waals surface area contributed by atoms with Crippen LogP contribution in [0.2, 0.25) is 0 Å². The molecule has 0 amide bonds. The molecular weight excluding hydrogens is 182 g/mol. The zero-order valence-electron chi connectivity index (χ0n) is 8.79. The number of benzene rings is 1. The quantitative estimate of drug-likeness (QED) is 0.707.